The standard InChI is InChI=1S/2C8H16O2.Rh/c2*1-3-5-6-7(4-2)8(9)10;/h2*7H,3-6H2,1-2H3,(H,9,10);/q;;+2/p-2. The maximum atomic E-state index is 10.3. The zero-order valence-electron chi connectivity index (χ0n) is 13.8. The van der Waals surface area contributed by atoms with E-state index in [0.29, 0.717) is 12.8 Å². The maximum absolute atomic E-state index is 10.3. The zero-order chi connectivity index (χ0) is 16.0. The molecule has 0 heterocycles. The molecule has 0 aliphatic rings. The van der Waals surface area contributed by atoms with Crippen LogP contribution in [0.15, 0.2) is 0 Å². The van der Waals surface area contributed by atoms with Crippen molar-refractivity contribution < 1.29 is 39.3 Å². The fourth-order valence-electron chi connectivity index (χ4n) is 1.88. The van der Waals surface area contributed by atoms with Gasteiger partial charge in [0.25, 0.3) is 0 Å². The van der Waals surface area contributed by atoms with Gasteiger partial charge >= 0.3 is 19.5 Å². The molecule has 2 unspecified atom stereocenters. The summed E-state index contributed by atoms with van der Waals surface area (Å²) in [5.74, 6) is -2.23. The molecule has 0 N–H and O–H groups in total. The number of carbonyl (C=O) groups excluding carboxylic acids is 2. The Bertz CT molecular complexity index is 231. The van der Waals surface area contributed by atoms with E-state index in [9.17, 15) is 19.8 Å². The minimum atomic E-state index is -0.893. The summed E-state index contributed by atoms with van der Waals surface area (Å²) in [4.78, 5) is 20.7. The summed E-state index contributed by atoms with van der Waals surface area (Å²) in [6.45, 7) is 7.89. The molecule has 127 valence electrons. The third kappa shape index (κ3) is 15.8. The van der Waals surface area contributed by atoms with Gasteiger partial charge in [-0.2, -0.15) is 0 Å². The number of unbranched alkanes of at least 4 members (excludes halogenated alkanes) is 2. The van der Waals surface area contributed by atoms with Crippen LogP contribution in [0.25, 0.3) is 0 Å². The Morgan fingerprint density at radius 3 is 1.19 bits per heavy atom. The van der Waals surface area contributed by atoms with Gasteiger partial charge in [0.05, 0.1) is 0 Å². The molecule has 0 aromatic rings. The average Bonchev–Trinajstić information content (AvgIpc) is 2.40. The first-order valence-electron chi connectivity index (χ1n) is 7.86. The van der Waals surface area contributed by atoms with Crippen molar-refractivity contribution in [3.05, 3.63) is 0 Å². The summed E-state index contributed by atoms with van der Waals surface area (Å²) < 4.78 is 0. The number of rotatable bonds is 10. The molecule has 21 heavy (non-hydrogen) atoms. The van der Waals surface area contributed by atoms with E-state index in [2.05, 4.69) is 13.8 Å². The van der Waals surface area contributed by atoms with Gasteiger partial charge in [-0.25, -0.2) is 0 Å². The first-order chi connectivity index (χ1) is 9.44. The normalized spacial score (nSPS) is 12.4. The summed E-state index contributed by atoms with van der Waals surface area (Å²) in [5.41, 5.74) is 0. The molecule has 0 bridgehead atoms. The number of carboxylic acids is 2. The minimum absolute atomic E-state index is 0. The third-order valence-electron chi connectivity index (χ3n) is 3.46. The Morgan fingerprint density at radius 1 is 0.762 bits per heavy atom. The molecule has 5 heteroatoms. The van der Waals surface area contributed by atoms with Crippen LogP contribution in [-0.4, -0.2) is 11.9 Å². The summed E-state index contributed by atoms with van der Waals surface area (Å²) in [6, 6.07) is 0. The van der Waals surface area contributed by atoms with Crippen LogP contribution in [0.1, 0.15) is 79.1 Å². The van der Waals surface area contributed by atoms with Crippen LogP contribution in [0.3, 0.4) is 0 Å². The van der Waals surface area contributed by atoms with Crippen molar-refractivity contribution in [1.29, 1.82) is 0 Å². The second kappa shape index (κ2) is 17.6. The van der Waals surface area contributed by atoms with E-state index in [1.165, 1.54) is 0 Å². The Hall–Kier alpha value is -0.437. The summed E-state index contributed by atoms with van der Waals surface area (Å²) >= 11 is 0. The summed E-state index contributed by atoms with van der Waals surface area (Å²) in [7, 11) is 0. The Morgan fingerprint density at radius 2 is 1.05 bits per heavy atom. The molecule has 1 radical (unpaired) electrons. The topological polar surface area (TPSA) is 80.3 Å². The number of hydrogen-bond donors (Lipinski definition) is 0. The van der Waals surface area contributed by atoms with E-state index in [-0.39, 0.29) is 31.3 Å². The molecule has 0 amide bonds. The monoisotopic (exact) mass is 389 g/mol. The number of aliphatic carboxylic acids is 2. The second-order valence-electron chi connectivity index (χ2n) is 5.13. The molecule has 0 spiro atoms. The molecular weight excluding hydrogens is 359 g/mol. The van der Waals surface area contributed by atoms with Crippen LogP contribution >= 0.6 is 0 Å². The van der Waals surface area contributed by atoms with Crippen molar-refractivity contribution in [3.8, 4) is 0 Å². The summed E-state index contributed by atoms with van der Waals surface area (Å²) in [5, 5.41) is 20.7. The van der Waals surface area contributed by atoms with Crippen LogP contribution < -0.4 is 10.2 Å². The quantitative estimate of drug-likeness (QED) is 0.535. The van der Waals surface area contributed by atoms with Crippen LogP contribution in [0.4, 0.5) is 0 Å². The average molecular weight is 389 g/mol. The molecular formula is C16H30O4Rh. The third-order valence-corrected chi connectivity index (χ3v) is 3.46. The zero-order valence-corrected chi connectivity index (χ0v) is 15.4. The SMILES string of the molecule is CCCCC(CC)C(=O)[O-].CCCCC(CC)C(=O)[O-].[Rh+2]. The molecule has 0 fully saturated rings. The van der Waals surface area contributed by atoms with Gasteiger partial charge in [-0.05, 0) is 37.5 Å². The maximum Gasteiger partial charge on any atom is 2.00 e. The molecule has 0 saturated heterocycles. The van der Waals surface area contributed by atoms with Gasteiger partial charge in [0.1, 0.15) is 0 Å². The van der Waals surface area contributed by atoms with Crippen molar-refractivity contribution in [2.24, 2.45) is 11.8 Å². The molecule has 0 aromatic heterocycles. The fraction of sp³-hybridized carbons (Fsp3) is 0.875. The van der Waals surface area contributed by atoms with Crippen molar-refractivity contribution >= 4 is 11.9 Å². The van der Waals surface area contributed by atoms with Crippen molar-refractivity contribution in [1.82, 2.24) is 0 Å². The van der Waals surface area contributed by atoms with Crippen molar-refractivity contribution in [2.75, 3.05) is 0 Å². The van der Waals surface area contributed by atoms with Crippen molar-refractivity contribution in [3.63, 3.8) is 0 Å². The predicted molar refractivity (Wildman–Crippen MR) is 76.6 cm³/mol. The first kappa shape index (κ1) is 25.5. The molecule has 0 rings (SSSR count). The van der Waals surface area contributed by atoms with Crippen LogP contribution in [0.5, 0.6) is 0 Å². The first-order valence-corrected chi connectivity index (χ1v) is 7.86. The van der Waals surface area contributed by atoms with E-state index in [4.69, 9.17) is 0 Å². The molecule has 0 aliphatic carbocycles. The number of hydrogen-bond acceptors (Lipinski definition) is 4. The number of carboxylic acid groups (broad SMARTS) is 2. The Balaban J connectivity index is -0.000000295. The van der Waals surface area contributed by atoms with E-state index < -0.39 is 11.9 Å². The van der Waals surface area contributed by atoms with Gasteiger partial charge in [-0.1, -0.05) is 53.4 Å². The fourth-order valence-corrected chi connectivity index (χ4v) is 1.88. The smallest absolute Gasteiger partial charge is 0.550 e. The van der Waals surface area contributed by atoms with Crippen LogP contribution in [0, 0.1) is 11.8 Å². The predicted octanol–water partition coefficient (Wildman–Crippen LogP) is 1.90. The van der Waals surface area contributed by atoms with E-state index in [1.54, 1.807) is 0 Å². The van der Waals surface area contributed by atoms with Gasteiger partial charge in [-0.15, -0.1) is 0 Å². The van der Waals surface area contributed by atoms with Gasteiger partial charge in [0, 0.05) is 11.9 Å². The molecule has 0 aromatic carbocycles. The molecule has 2 atom stereocenters. The van der Waals surface area contributed by atoms with Gasteiger partial charge < -0.3 is 19.8 Å². The van der Waals surface area contributed by atoms with Crippen molar-refractivity contribution in [2.45, 2.75) is 79.1 Å². The van der Waals surface area contributed by atoms with E-state index in [0.717, 1.165) is 38.5 Å². The second-order valence-corrected chi connectivity index (χ2v) is 5.13. The van der Waals surface area contributed by atoms with Crippen LogP contribution in [-0.2, 0) is 29.1 Å². The molecule has 0 saturated carbocycles. The van der Waals surface area contributed by atoms with Gasteiger partial charge in [0.15, 0.2) is 0 Å². The molecule has 4 nitrogen and oxygen atoms in total. The Labute approximate surface area is 142 Å². The van der Waals surface area contributed by atoms with E-state index in [1.807, 2.05) is 13.8 Å². The summed E-state index contributed by atoms with van der Waals surface area (Å²) in [6.07, 6.45) is 7.04. The van der Waals surface area contributed by atoms with Gasteiger partial charge in [-0.3, -0.25) is 0 Å². The number of carbonyl (C=O) groups is 2. The largest absolute Gasteiger partial charge is 2.00 e. The van der Waals surface area contributed by atoms with Gasteiger partial charge in [0.2, 0.25) is 0 Å². The van der Waals surface area contributed by atoms with Crippen LogP contribution in [0.2, 0.25) is 0 Å². The minimum Gasteiger partial charge on any atom is -0.550 e. The molecule has 0 aliphatic heterocycles. The van der Waals surface area contributed by atoms with E-state index >= 15 is 0 Å². The Kier molecular flexibility index (Phi) is 21.4.